The number of benzene rings is 3. The summed E-state index contributed by atoms with van der Waals surface area (Å²) in [7, 11) is -3.84. The number of nitrogens with one attached hydrogen (secondary N) is 2. The van der Waals surface area contributed by atoms with Crippen LogP contribution in [0.4, 0.5) is 17.2 Å². The summed E-state index contributed by atoms with van der Waals surface area (Å²) in [5, 5.41) is 23.1. The quantitative estimate of drug-likeness (QED) is 0.0611. The minimum Gasteiger partial charge on any atom is -0.460 e. The summed E-state index contributed by atoms with van der Waals surface area (Å²) in [6.07, 6.45) is 0. The van der Waals surface area contributed by atoms with Crippen molar-refractivity contribution < 1.29 is 23.8 Å². The summed E-state index contributed by atoms with van der Waals surface area (Å²) < 4.78 is 24.2. The number of ether oxygens (including phenoxy) is 1. The lowest BCUT2D eigenvalue weighted by Crippen LogP contribution is -2.33. The van der Waals surface area contributed by atoms with E-state index in [2.05, 4.69) is 31.4 Å². The molecular formula is C30H30BrCl2N6O6P. The van der Waals surface area contributed by atoms with Crippen LogP contribution in [-0.4, -0.2) is 50.9 Å². The molecule has 3 aromatic carbocycles. The zero-order valence-electron chi connectivity index (χ0n) is 25.0. The van der Waals surface area contributed by atoms with Crippen molar-refractivity contribution in [3.05, 3.63) is 108 Å². The van der Waals surface area contributed by atoms with E-state index >= 15 is 4.57 Å². The van der Waals surface area contributed by atoms with Crippen LogP contribution >= 0.6 is 46.6 Å². The van der Waals surface area contributed by atoms with Crippen molar-refractivity contribution in [2.45, 2.75) is 27.3 Å². The number of amides is 1. The number of carbonyl (C=O) groups excluding carboxylic acids is 2. The van der Waals surface area contributed by atoms with E-state index in [4.69, 9.17) is 27.9 Å². The van der Waals surface area contributed by atoms with Crippen LogP contribution in [0.3, 0.4) is 0 Å². The predicted octanol–water partition coefficient (Wildman–Crippen LogP) is 7.55. The van der Waals surface area contributed by atoms with Gasteiger partial charge in [-0.05, 0) is 77.5 Å². The Morgan fingerprint density at radius 2 is 1.61 bits per heavy atom. The molecule has 4 aromatic rings. The van der Waals surface area contributed by atoms with Gasteiger partial charge in [0.1, 0.15) is 17.7 Å². The van der Waals surface area contributed by atoms with E-state index in [-0.39, 0.29) is 30.0 Å². The lowest BCUT2D eigenvalue weighted by molar-refractivity contribution is -0.384. The Bertz CT molecular complexity index is 1800. The standard InChI is InChI=1S/C30H30BrCl2N6O6P/c1-4-37(5-2)46(44,36-26-15-14-24(39(42)43)18-25(26)31)27-19(3)35-38(16-17-45-30(41)21-8-12-23(33)13-9-21)28(27)34-29(40)20-6-10-22(32)11-7-20/h6-15,18H,4-5,16-17H2,1-3H3,(H,34,40)(H,36,44)/t46-/m0/s1. The van der Waals surface area contributed by atoms with E-state index in [1.807, 2.05) is 13.8 Å². The van der Waals surface area contributed by atoms with Crippen LogP contribution in [0, 0.1) is 17.0 Å². The first-order valence-electron chi connectivity index (χ1n) is 14.0. The Labute approximate surface area is 283 Å². The van der Waals surface area contributed by atoms with Gasteiger partial charge >= 0.3 is 5.97 Å². The molecule has 1 heterocycles. The summed E-state index contributed by atoms with van der Waals surface area (Å²) in [5.41, 5.74) is 1.12. The average Bonchev–Trinajstić information content (AvgIpc) is 3.33. The Balaban J connectivity index is 1.77. The van der Waals surface area contributed by atoms with Gasteiger partial charge in [0.2, 0.25) is 0 Å². The fraction of sp³-hybridized carbons (Fsp3) is 0.233. The Morgan fingerprint density at radius 3 is 2.15 bits per heavy atom. The molecule has 1 amide bonds. The lowest BCUT2D eigenvalue weighted by atomic mass is 10.2. The van der Waals surface area contributed by atoms with Gasteiger partial charge < -0.3 is 15.1 Å². The molecule has 0 radical (unpaired) electrons. The molecule has 242 valence electrons. The molecular weight excluding hydrogens is 722 g/mol. The van der Waals surface area contributed by atoms with Crippen LogP contribution in [0.5, 0.6) is 0 Å². The molecule has 0 bridgehead atoms. The molecule has 0 spiro atoms. The SMILES string of the molecule is CCN(CC)[P@@](=O)(Nc1ccc([N+](=O)[O-])cc1Br)c1c(C)nn(CCOC(=O)c2ccc(Cl)cc2)c1NC(=O)c1ccc(Cl)cc1. The number of nitrogens with zero attached hydrogens (tertiary/aromatic N) is 4. The van der Waals surface area contributed by atoms with Crippen LogP contribution < -0.4 is 15.7 Å². The third-order valence-electron chi connectivity index (χ3n) is 6.92. The molecule has 4 rings (SSSR count). The minimum absolute atomic E-state index is 0.00980. The number of hydrogen-bond acceptors (Lipinski definition) is 7. The summed E-state index contributed by atoms with van der Waals surface area (Å²) in [5.74, 6) is -0.966. The second kappa shape index (κ2) is 15.2. The van der Waals surface area contributed by atoms with Crippen LogP contribution in [0.2, 0.25) is 10.0 Å². The van der Waals surface area contributed by atoms with E-state index in [0.29, 0.717) is 50.1 Å². The number of aryl methyl sites for hydroxylation is 1. The number of non-ortho nitro benzene ring substituents is 1. The van der Waals surface area contributed by atoms with E-state index < -0.39 is 24.2 Å². The highest BCUT2D eigenvalue weighted by atomic mass is 79.9. The lowest BCUT2D eigenvalue weighted by Gasteiger charge is -2.32. The largest absolute Gasteiger partial charge is 0.460 e. The highest BCUT2D eigenvalue weighted by Crippen LogP contribution is 2.52. The molecule has 0 saturated carbocycles. The van der Waals surface area contributed by atoms with E-state index in [1.165, 1.54) is 22.9 Å². The maximum atomic E-state index is 15.3. The van der Waals surface area contributed by atoms with Gasteiger partial charge in [-0.15, -0.1) is 0 Å². The Morgan fingerprint density at radius 1 is 1.02 bits per heavy atom. The minimum atomic E-state index is -3.84. The maximum absolute atomic E-state index is 15.3. The number of nitro groups is 1. The van der Waals surface area contributed by atoms with Crippen molar-refractivity contribution in [3.63, 3.8) is 0 Å². The molecule has 0 saturated heterocycles. The highest BCUT2D eigenvalue weighted by molar-refractivity contribution is 9.10. The number of rotatable bonds is 13. The zero-order valence-corrected chi connectivity index (χ0v) is 29.0. The van der Waals surface area contributed by atoms with Gasteiger partial charge in [-0.3, -0.25) is 19.5 Å². The first-order valence-corrected chi connectivity index (χ1v) is 17.2. The molecule has 0 unspecified atom stereocenters. The van der Waals surface area contributed by atoms with E-state index in [1.54, 1.807) is 60.1 Å². The summed E-state index contributed by atoms with van der Waals surface area (Å²) in [6, 6.07) is 16.6. The van der Waals surface area contributed by atoms with Gasteiger partial charge in [-0.1, -0.05) is 37.0 Å². The normalized spacial score (nSPS) is 12.4. The second-order valence-electron chi connectivity index (χ2n) is 9.86. The molecule has 0 aliphatic heterocycles. The summed E-state index contributed by atoms with van der Waals surface area (Å²) in [6.45, 7) is 5.92. The van der Waals surface area contributed by atoms with E-state index in [0.717, 1.165) is 0 Å². The summed E-state index contributed by atoms with van der Waals surface area (Å²) in [4.78, 5) is 36.9. The van der Waals surface area contributed by atoms with Crippen molar-refractivity contribution in [1.82, 2.24) is 14.5 Å². The first kappa shape index (κ1) is 35.1. The number of carbonyl (C=O) groups is 2. The molecule has 12 nitrogen and oxygen atoms in total. The third-order valence-corrected chi connectivity index (χ3v) is 11.1. The molecule has 1 atom stereocenters. The van der Waals surface area contributed by atoms with Crippen molar-refractivity contribution in [3.8, 4) is 0 Å². The topological polar surface area (TPSA) is 149 Å². The first-order chi connectivity index (χ1) is 21.9. The molecule has 46 heavy (non-hydrogen) atoms. The fourth-order valence-corrected chi connectivity index (χ4v) is 8.32. The molecule has 0 fully saturated rings. The average molecular weight is 752 g/mol. The Hall–Kier alpha value is -3.74. The fourth-order valence-electron chi connectivity index (χ4n) is 4.66. The van der Waals surface area contributed by atoms with Gasteiger partial charge in [0.05, 0.1) is 28.4 Å². The second-order valence-corrected chi connectivity index (χ2v) is 14.0. The number of hydrogen-bond donors (Lipinski definition) is 2. The van der Waals surface area contributed by atoms with Gasteiger partial charge in [0.15, 0.2) is 0 Å². The van der Waals surface area contributed by atoms with Crippen molar-refractivity contribution in [1.29, 1.82) is 0 Å². The monoisotopic (exact) mass is 750 g/mol. The van der Waals surface area contributed by atoms with Crippen molar-refractivity contribution in [2.24, 2.45) is 0 Å². The number of nitro benzene ring substituents is 1. The number of anilines is 2. The predicted molar refractivity (Wildman–Crippen MR) is 183 cm³/mol. The molecule has 1 aromatic heterocycles. The van der Waals surface area contributed by atoms with Gasteiger partial charge in [0, 0.05) is 45.3 Å². The highest BCUT2D eigenvalue weighted by Gasteiger charge is 2.39. The number of aromatic nitrogens is 2. The molecule has 16 heteroatoms. The van der Waals surface area contributed by atoms with Crippen LogP contribution in [0.1, 0.15) is 40.3 Å². The van der Waals surface area contributed by atoms with Gasteiger partial charge in [-0.25, -0.2) is 14.1 Å². The third kappa shape index (κ3) is 7.97. The van der Waals surface area contributed by atoms with Crippen LogP contribution in [0.25, 0.3) is 0 Å². The van der Waals surface area contributed by atoms with Gasteiger partial charge in [0.25, 0.3) is 19.0 Å². The maximum Gasteiger partial charge on any atom is 0.338 e. The number of esters is 1. The molecule has 0 aliphatic carbocycles. The number of halogens is 3. The van der Waals surface area contributed by atoms with Crippen LogP contribution in [0.15, 0.2) is 71.2 Å². The van der Waals surface area contributed by atoms with Crippen molar-refractivity contribution in [2.75, 3.05) is 30.1 Å². The Kier molecular flexibility index (Phi) is 11.6. The zero-order chi connectivity index (χ0) is 33.6. The van der Waals surface area contributed by atoms with E-state index in [9.17, 15) is 19.7 Å². The van der Waals surface area contributed by atoms with Crippen LogP contribution in [-0.2, 0) is 15.8 Å². The molecule has 2 N–H and O–H groups in total. The summed E-state index contributed by atoms with van der Waals surface area (Å²) >= 11 is 15.3. The molecule has 0 aliphatic rings. The van der Waals surface area contributed by atoms with Gasteiger partial charge in [-0.2, -0.15) is 5.10 Å². The smallest absolute Gasteiger partial charge is 0.338 e. The van der Waals surface area contributed by atoms with Crippen molar-refractivity contribution >= 4 is 80.9 Å².